The van der Waals surface area contributed by atoms with E-state index in [2.05, 4.69) is 5.10 Å². The lowest BCUT2D eigenvalue weighted by molar-refractivity contribution is 0.0597. The number of hydrogen-bond acceptors (Lipinski definition) is 6. The Balaban J connectivity index is 2.48. The zero-order valence-electron chi connectivity index (χ0n) is 12.7. The summed E-state index contributed by atoms with van der Waals surface area (Å²) in [5.41, 5.74) is -0.772. The summed E-state index contributed by atoms with van der Waals surface area (Å²) in [6.45, 7) is 0. The van der Waals surface area contributed by atoms with E-state index in [1.807, 2.05) is 0 Å². The van der Waals surface area contributed by atoms with E-state index in [1.54, 1.807) is 13.1 Å². The Kier molecular flexibility index (Phi) is 4.96. The van der Waals surface area contributed by atoms with Gasteiger partial charge >= 0.3 is 5.97 Å². The first-order chi connectivity index (χ1) is 10.7. The molecule has 1 aromatic heterocycles. The molecule has 0 saturated carbocycles. The molecule has 0 spiro atoms. The van der Waals surface area contributed by atoms with Crippen molar-refractivity contribution in [3.63, 3.8) is 0 Å². The lowest BCUT2D eigenvalue weighted by atomic mass is 10.1. The van der Waals surface area contributed by atoms with Crippen molar-refractivity contribution in [3.05, 3.63) is 41.6 Å². The van der Waals surface area contributed by atoms with E-state index in [1.165, 1.54) is 36.2 Å². The minimum absolute atomic E-state index is 0.0272. The van der Waals surface area contributed by atoms with Crippen molar-refractivity contribution in [2.75, 3.05) is 13.4 Å². The molecule has 2 rings (SSSR count). The van der Waals surface area contributed by atoms with Gasteiger partial charge in [0, 0.05) is 24.9 Å². The second-order valence-corrected chi connectivity index (χ2v) is 7.15. The van der Waals surface area contributed by atoms with E-state index in [-0.39, 0.29) is 16.0 Å². The molecule has 0 aliphatic carbocycles. The smallest absolute Gasteiger partial charge is 0.338 e. The maximum absolute atomic E-state index is 11.9. The lowest BCUT2D eigenvalue weighted by Crippen LogP contribution is -2.13. The molecular weight excluding hydrogens is 344 g/mol. The molecule has 124 valence electrons. The average molecular weight is 359 g/mol. The molecule has 0 fully saturated rings. The van der Waals surface area contributed by atoms with Crippen molar-refractivity contribution >= 4 is 27.4 Å². The number of carbonyl (C=O) groups is 1. The Hall–Kier alpha value is -2.06. The van der Waals surface area contributed by atoms with Gasteiger partial charge in [-0.15, -0.1) is 0 Å². The SMILES string of the molecule is COC(=O)c1ccc(S(C)(=O)=O)cc1C(Cl)Oc1ccnn1C. The summed E-state index contributed by atoms with van der Waals surface area (Å²) in [4.78, 5) is 11.9. The fourth-order valence-corrected chi connectivity index (χ4v) is 2.83. The first-order valence-corrected chi connectivity index (χ1v) is 8.78. The summed E-state index contributed by atoms with van der Waals surface area (Å²) in [6, 6.07) is 5.56. The van der Waals surface area contributed by atoms with Crippen LogP contribution in [0.1, 0.15) is 21.5 Å². The highest BCUT2D eigenvalue weighted by molar-refractivity contribution is 7.90. The van der Waals surface area contributed by atoms with Crippen LogP contribution in [0, 0.1) is 0 Å². The van der Waals surface area contributed by atoms with E-state index < -0.39 is 21.4 Å². The number of halogens is 1. The number of benzene rings is 1. The van der Waals surface area contributed by atoms with Crippen molar-refractivity contribution in [1.82, 2.24) is 9.78 Å². The number of aryl methyl sites for hydroxylation is 1. The molecule has 1 heterocycles. The quantitative estimate of drug-likeness (QED) is 0.599. The van der Waals surface area contributed by atoms with Crippen LogP contribution in [-0.2, 0) is 21.6 Å². The van der Waals surface area contributed by atoms with Gasteiger partial charge in [0.1, 0.15) is 0 Å². The van der Waals surface area contributed by atoms with Gasteiger partial charge in [0.15, 0.2) is 15.4 Å². The highest BCUT2D eigenvalue weighted by Crippen LogP contribution is 2.30. The van der Waals surface area contributed by atoms with Crippen LogP contribution >= 0.6 is 11.6 Å². The van der Waals surface area contributed by atoms with Crippen LogP contribution in [0.2, 0.25) is 0 Å². The fraction of sp³-hybridized carbons (Fsp3) is 0.286. The molecule has 9 heteroatoms. The van der Waals surface area contributed by atoms with Crippen LogP contribution in [0.25, 0.3) is 0 Å². The van der Waals surface area contributed by atoms with E-state index in [4.69, 9.17) is 21.1 Å². The van der Waals surface area contributed by atoms with Gasteiger partial charge in [0.05, 0.1) is 23.8 Å². The first-order valence-electron chi connectivity index (χ1n) is 6.45. The van der Waals surface area contributed by atoms with E-state index >= 15 is 0 Å². The Morgan fingerprint density at radius 3 is 2.57 bits per heavy atom. The van der Waals surface area contributed by atoms with Crippen LogP contribution in [-0.4, -0.2) is 37.5 Å². The van der Waals surface area contributed by atoms with Gasteiger partial charge in [-0.3, -0.25) is 0 Å². The largest absolute Gasteiger partial charge is 0.465 e. The molecule has 0 N–H and O–H groups in total. The molecule has 23 heavy (non-hydrogen) atoms. The van der Waals surface area contributed by atoms with Gasteiger partial charge in [0.25, 0.3) is 0 Å². The Morgan fingerprint density at radius 2 is 2.04 bits per heavy atom. The van der Waals surface area contributed by atoms with Gasteiger partial charge in [0.2, 0.25) is 5.88 Å². The normalized spacial score (nSPS) is 12.7. The third kappa shape index (κ3) is 3.83. The topological polar surface area (TPSA) is 87.5 Å². The fourth-order valence-electron chi connectivity index (χ4n) is 1.90. The maximum Gasteiger partial charge on any atom is 0.338 e. The van der Waals surface area contributed by atoms with Crippen molar-refractivity contribution in [3.8, 4) is 5.88 Å². The third-order valence-electron chi connectivity index (χ3n) is 3.10. The number of nitrogens with zero attached hydrogens (tertiary/aromatic N) is 2. The number of hydrogen-bond donors (Lipinski definition) is 0. The average Bonchev–Trinajstić information content (AvgIpc) is 2.90. The van der Waals surface area contributed by atoms with Crippen LogP contribution in [0.15, 0.2) is 35.4 Å². The van der Waals surface area contributed by atoms with Crippen LogP contribution in [0.3, 0.4) is 0 Å². The molecule has 7 nitrogen and oxygen atoms in total. The highest BCUT2D eigenvalue weighted by atomic mass is 35.5. The first kappa shape index (κ1) is 17.3. The number of alkyl halides is 1. The Labute approximate surface area is 138 Å². The van der Waals surface area contributed by atoms with Crippen LogP contribution in [0.5, 0.6) is 5.88 Å². The van der Waals surface area contributed by atoms with Crippen molar-refractivity contribution in [2.45, 2.75) is 10.5 Å². The summed E-state index contributed by atoms with van der Waals surface area (Å²) in [6.07, 6.45) is 2.59. The summed E-state index contributed by atoms with van der Waals surface area (Å²) in [5.74, 6) is -0.273. The van der Waals surface area contributed by atoms with Gasteiger partial charge in [-0.1, -0.05) is 11.6 Å². The summed E-state index contributed by atoms with van der Waals surface area (Å²) in [5, 5.41) is 3.94. The van der Waals surface area contributed by atoms with E-state index in [9.17, 15) is 13.2 Å². The number of aromatic nitrogens is 2. The summed E-state index contributed by atoms with van der Waals surface area (Å²) in [7, 11) is -0.578. The molecule has 2 aromatic rings. The third-order valence-corrected chi connectivity index (χ3v) is 4.54. The lowest BCUT2D eigenvalue weighted by Gasteiger charge is -2.16. The van der Waals surface area contributed by atoms with Gasteiger partial charge in [-0.05, 0) is 18.2 Å². The second kappa shape index (κ2) is 6.59. The molecule has 0 aliphatic heterocycles. The number of esters is 1. The molecule has 0 bridgehead atoms. The molecule has 0 aliphatic rings. The van der Waals surface area contributed by atoms with Gasteiger partial charge < -0.3 is 9.47 Å². The molecule has 1 atom stereocenters. The maximum atomic E-state index is 11.9. The van der Waals surface area contributed by atoms with Crippen molar-refractivity contribution in [1.29, 1.82) is 0 Å². The van der Waals surface area contributed by atoms with Crippen LogP contribution < -0.4 is 4.74 Å². The molecule has 1 unspecified atom stereocenters. The number of rotatable bonds is 5. The van der Waals surface area contributed by atoms with Crippen molar-refractivity contribution < 1.29 is 22.7 Å². The molecule has 0 radical (unpaired) electrons. The number of ether oxygens (including phenoxy) is 2. The summed E-state index contributed by atoms with van der Waals surface area (Å²) < 4.78 is 35.1. The van der Waals surface area contributed by atoms with Crippen LogP contribution in [0.4, 0.5) is 0 Å². The molecule has 0 saturated heterocycles. The highest BCUT2D eigenvalue weighted by Gasteiger charge is 2.23. The standard InChI is InChI=1S/C14H15ClN2O5S/c1-17-12(6-7-16-17)22-13(15)11-8-9(23(3,19)20)4-5-10(11)14(18)21-2/h4-8,13H,1-3H3. The van der Waals surface area contributed by atoms with E-state index in [0.29, 0.717) is 5.88 Å². The van der Waals surface area contributed by atoms with Gasteiger partial charge in [-0.2, -0.15) is 5.10 Å². The number of carbonyl (C=O) groups excluding carboxylic acids is 1. The number of methoxy groups -OCH3 is 1. The van der Waals surface area contributed by atoms with Crippen molar-refractivity contribution in [2.24, 2.45) is 7.05 Å². The molecule has 0 amide bonds. The summed E-state index contributed by atoms with van der Waals surface area (Å²) >= 11 is 6.23. The zero-order chi connectivity index (χ0) is 17.2. The number of sulfone groups is 1. The Bertz CT molecular complexity index is 831. The predicted octanol–water partition coefficient (Wildman–Crippen LogP) is 1.93. The monoisotopic (exact) mass is 358 g/mol. The van der Waals surface area contributed by atoms with Gasteiger partial charge in [-0.25, -0.2) is 17.9 Å². The van der Waals surface area contributed by atoms with E-state index in [0.717, 1.165) is 6.26 Å². The molecule has 1 aromatic carbocycles. The zero-order valence-corrected chi connectivity index (χ0v) is 14.3. The second-order valence-electron chi connectivity index (χ2n) is 4.74. The predicted molar refractivity (Wildman–Crippen MR) is 83.3 cm³/mol. The minimum atomic E-state index is -3.46. The molecular formula is C14H15ClN2O5S. The minimum Gasteiger partial charge on any atom is -0.465 e. The Morgan fingerprint density at radius 1 is 1.35 bits per heavy atom.